The van der Waals surface area contributed by atoms with Gasteiger partial charge in [-0.15, -0.1) is 0 Å². The van der Waals surface area contributed by atoms with Crippen LogP contribution in [0.3, 0.4) is 0 Å². The second-order valence-corrected chi connectivity index (χ2v) is 5.78. The van der Waals surface area contributed by atoms with Gasteiger partial charge >= 0.3 is 6.03 Å². The fourth-order valence-electron chi connectivity index (χ4n) is 2.18. The molecule has 2 rings (SSSR count). The lowest BCUT2D eigenvalue weighted by molar-refractivity contribution is 0.236. The first-order valence-corrected chi connectivity index (χ1v) is 8.04. The first-order valence-electron chi connectivity index (χ1n) is 8.04. The van der Waals surface area contributed by atoms with Crippen molar-refractivity contribution in [1.82, 2.24) is 10.6 Å². The van der Waals surface area contributed by atoms with Crippen molar-refractivity contribution < 1.29 is 13.9 Å². The maximum Gasteiger partial charge on any atom is 0.315 e. The van der Waals surface area contributed by atoms with E-state index < -0.39 is 0 Å². The Bertz CT molecular complexity index is 674. The highest BCUT2D eigenvalue weighted by Gasteiger charge is 2.04. The lowest BCUT2D eigenvalue weighted by atomic mass is 10.0. The van der Waals surface area contributed by atoms with Crippen molar-refractivity contribution in [1.29, 1.82) is 0 Å². The van der Waals surface area contributed by atoms with E-state index in [1.54, 1.807) is 18.2 Å². The average Bonchev–Trinajstić information content (AvgIpc) is 2.58. The predicted octanol–water partition coefficient (Wildman–Crippen LogP) is 3.83. The first kappa shape index (κ1) is 17.8. The summed E-state index contributed by atoms with van der Waals surface area (Å²) in [6, 6.07) is 13.9. The smallest absolute Gasteiger partial charge is 0.315 e. The summed E-state index contributed by atoms with van der Waals surface area (Å²) >= 11 is 0. The van der Waals surface area contributed by atoms with Gasteiger partial charge < -0.3 is 15.4 Å². The van der Waals surface area contributed by atoms with Gasteiger partial charge in [-0.25, -0.2) is 9.18 Å². The van der Waals surface area contributed by atoms with Gasteiger partial charge in [0.2, 0.25) is 0 Å². The number of carbonyl (C=O) groups is 1. The topological polar surface area (TPSA) is 50.4 Å². The number of hydrogen-bond acceptors (Lipinski definition) is 2. The van der Waals surface area contributed by atoms with Crippen molar-refractivity contribution in [2.75, 3.05) is 13.2 Å². The molecule has 0 unspecified atom stereocenters. The third-order valence-corrected chi connectivity index (χ3v) is 3.58. The van der Waals surface area contributed by atoms with Gasteiger partial charge in [0.25, 0.3) is 0 Å². The van der Waals surface area contributed by atoms with Crippen LogP contribution in [0.4, 0.5) is 9.18 Å². The molecule has 0 radical (unpaired) electrons. The van der Waals surface area contributed by atoms with Crippen LogP contribution in [0.1, 0.15) is 30.9 Å². The molecule has 2 aromatic rings. The number of rotatable bonds is 7. The molecule has 0 heterocycles. The number of urea groups is 1. The van der Waals surface area contributed by atoms with Gasteiger partial charge in [-0.05, 0) is 29.7 Å². The summed E-state index contributed by atoms with van der Waals surface area (Å²) in [4.78, 5) is 11.7. The van der Waals surface area contributed by atoms with E-state index in [1.165, 1.54) is 11.6 Å². The summed E-state index contributed by atoms with van der Waals surface area (Å²) in [5.41, 5.74) is 1.66. The molecule has 2 N–H and O–H groups in total. The van der Waals surface area contributed by atoms with Gasteiger partial charge in [0.05, 0.1) is 6.54 Å². The number of nitrogens with one attached hydrogen (secondary N) is 2. The Morgan fingerprint density at radius 1 is 1.12 bits per heavy atom. The molecular weight excluding hydrogens is 307 g/mol. The van der Waals surface area contributed by atoms with Crippen LogP contribution < -0.4 is 15.4 Å². The van der Waals surface area contributed by atoms with E-state index in [4.69, 9.17) is 4.74 Å². The zero-order valence-corrected chi connectivity index (χ0v) is 14.0. The minimum Gasteiger partial charge on any atom is -0.492 e. The minimum atomic E-state index is -0.349. The van der Waals surface area contributed by atoms with Crippen LogP contribution in [0.15, 0.2) is 48.5 Å². The molecule has 128 valence electrons. The Kier molecular flexibility index (Phi) is 6.61. The second kappa shape index (κ2) is 8.91. The van der Waals surface area contributed by atoms with Crippen molar-refractivity contribution in [3.63, 3.8) is 0 Å². The molecule has 0 saturated heterocycles. The molecule has 0 aliphatic carbocycles. The third-order valence-electron chi connectivity index (χ3n) is 3.58. The second-order valence-electron chi connectivity index (χ2n) is 5.78. The van der Waals surface area contributed by atoms with Crippen LogP contribution >= 0.6 is 0 Å². The zero-order valence-electron chi connectivity index (χ0n) is 14.0. The van der Waals surface area contributed by atoms with Crippen LogP contribution in [-0.4, -0.2) is 19.2 Å². The quantitative estimate of drug-likeness (QED) is 0.758. The van der Waals surface area contributed by atoms with Gasteiger partial charge in [-0.3, -0.25) is 0 Å². The Balaban J connectivity index is 1.68. The summed E-state index contributed by atoms with van der Waals surface area (Å²) in [5.74, 6) is 0.900. The lowest BCUT2D eigenvalue weighted by Gasteiger charge is -2.11. The molecule has 24 heavy (non-hydrogen) atoms. The summed E-state index contributed by atoms with van der Waals surface area (Å²) in [6.45, 7) is 5.14. The number of hydrogen-bond donors (Lipinski definition) is 2. The van der Waals surface area contributed by atoms with Crippen molar-refractivity contribution in [2.24, 2.45) is 0 Å². The number of carbonyl (C=O) groups excluding carboxylic acids is 1. The molecule has 0 aromatic heterocycles. The molecule has 0 spiro atoms. The highest BCUT2D eigenvalue weighted by Crippen LogP contribution is 2.19. The minimum absolute atomic E-state index is 0.149. The van der Waals surface area contributed by atoms with Crippen LogP contribution in [0, 0.1) is 5.82 Å². The predicted molar refractivity (Wildman–Crippen MR) is 92.7 cm³/mol. The summed E-state index contributed by atoms with van der Waals surface area (Å²) in [6.07, 6.45) is 0. The van der Waals surface area contributed by atoms with Gasteiger partial charge in [0, 0.05) is 12.1 Å². The standard InChI is InChI=1S/C19H23FN2O2/c1-14(2)15-7-5-8-17(12-15)24-11-10-21-19(23)22-13-16-6-3-4-9-18(16)20/h3-9,12,14H,10-11,13H2,1-2H3,(H2,21,22,23). The van der Waals surface area contributed by atoms with Crippen molar-refractivity contribution in [3.05, 3.63) is 65.5 Å². The van der Waals surface area contributed by atoms with E-state index in [0.29, 0.717) is 24.6 Å². The number of benzene rings is 2. The largest absolute Gasteiger partial charge is 0.492 e. The summed E-state index contributed by atoms with van der Waals surface area (Å²) in [7, 11) is 0. The van der Waals surface area contributed by atoms with Gasteiger partial charge in [0.1, 0.15) is 18.2 Å². The molecule has 0 fully saturated rings. The van der Waals surface area contributed by atoms with Crippen molar-refractivity contribution in [3.8, 4) is 5.75 Å². The monoisotopic (exact) mass is 330 g/mol. The molecular formula is C19H23FN2O2. The summed E-state index contributed by atoms with van der Waals surface area (Å²) < 4.78 is 19.1. The fraction of sp³-hybridized carbons (Fsp3) is 0.316. The summed E-state index contributed by atoms with van der Waals surface area (Å²) in [5, 5.41) is 5.30. The third kappa shape index (κ3) is 5.57. The highest BCUT2D eigenvalue weighted by atomic mass is 19.1. The Morgan fingerprint density at radius 2 is 1.92 bits per heavy atom. The van der Waals surface area contributed by atoms with E-state index in [9.17, 15) is 9.18 Å². The molecule has 0 bridgehead atoms. The molecule has 2 amide bonds. The highest BCUT2D eigenvalue weighted by molar-refractivity contribution is 5.73. The van der Waals surface area contributed by atoms with Crippen LogP contribution in [-0.2, 0) is 6.54 Å². The maximum atomic E-state index is 13.4. The van der Waals surface area contributed by atoms with Gasteiger partial charge in [-0.1, -0.05) is 44.2 Å². The van der Waals surface area contributed by atoms with Gasteiger partial charge in [0.15, 0.2) is 0 Å². The zero-order chi connectivity index (χ0) is 17.4. The molecule has 0 saturated carbocycles. The molecule has 0 aliphatic rings. The van der Waals surface area contributed by atoms with Crippen LogP contribution in [0.5, 0.6) is 5.75 Å². The maximum absolute atomic E-state index is 13.4. The number of ether oxygens (including phenoxy) is 1. The van der Waals surface area contributed by atoms with E-state index >= 15 is 0 Å². The fourth-order valence-corrected chi connectivity index (χ4v) is 2.18. The van der Waals surface area contributed by atoms with E-state index in [0.717, 1.165) is 5.75 Å². The van der Waals surface area contributed by atoms with Crippen LogP contribution in [0.2, 0.25) is 0 Å². The number of halogens is 1. The molecule has 0 aliphatic heterocycles. The molecule has 0 atom stereocenters. The Labute approximate surface area is 142 Å². The van der Waals surface area contributed by atoms with Gasteiger partial charge in [-0.2, -0.15) is 0 Å². The number of amides is 2. The molecule has 2 aromatic carbocycles. The van der Waals surface area contributed by atoms with E-state index in [1.807, 2.05) is 18.2 Å². The normalized spacial score (nSPS) is 10.5. The Morgan fingerprint density at radius 3 is 2.67 bits per heavy atom. The van der Waals surface area contributed by atoms with E-state index in [-0.39, 0.29) is 18.4 Å². The van der Waals surface area contributed by atoms with Crippen molar-refractivity contribution >= 4 is 6.03 Å². The van der Waals surface area contributed by atoms with E-state index in [2.05, 4.69) is 30.5 Å². The Hall–Kier alpha value is -2.56. The first-order chi connectivity index (χ1) is 11.6. The molecule has 5 heteroatoms. The average molecular weight is 330 g/mol. The lowest BCUT2D eigenvalue weighted by Crippen LogP contribution is -2.37. The van der Waals surface area contributed by atoms with Crippen molar-refractivity contribution in [2.45, 2.75) is 26.3 Å². The van der Waals surface area contributed by atoms with Crippen LogP contribution in [0.25, 0.3) is 0 Å². The SMILES string of the molecule is CC(C)c1cccc(OCCNC(=O)NCc2ccccc2F)c1. The molecule has 4 nitrogen and oxygen atoms in total.